The largest absolute Gasteiger partial charge is 0.394 e. The van der Waals surface area contributed by atoms with Crippen LogP contribution in [0.2, 0.25) is 0 Å². The Labute approximate surface area is 337 Å². The quantitative estimate of drug-likeness (QED) is 0.144. The van der Waals surface area contributed by atoms with Crippen molar-refractivity contribution in [2.45, 2.75) is 186 Å². The van der Waals surface area contributed by atoms with Gasteiger partial charge in [0.1, 0.15) is 54.5 Å². The molecule has 2 saturated heterocycles. The van der Waals surface area contributed by atoms with E-state index in [1.54, 1.807) is 0 Å². The molecule has 19 atom stereocenters. The fourth-order valence-electron chi connectivity index (χ4n) is 12.7. The molecule has 7 rings (SSSR count). The molecule has 1 aromatic heterocycles. The third kappa shape index (κ3) is 8.56. The molecule has 0 spiro atoms. The van der Waals surface area contributed by atoms with Crippen LogP contribution in [0.4, 0.5) is 0 Å². The Hall–Kier alpha value is -1.50. The van der Waals surface area contributed by atoms with Gasteiger partial charge in [-0.15, -0.1) is 5.10 Å². The van der Waals surface area contributed by atoms with E-state index in [1.165, 1.54) is 70.4 Å². The van der Waals surface area contributed by atoms with Crippen LogP contribution in [0.3, 0.4) is 0 Å². The van der Waals surface area contributed by atoms with Crippen molar-refractivity contribution >= 4 is 0 Å². The molecule has 4 aliphatic carbocycles. The predicted molar refractivity (Wildman–Crippen MR) is 205 cm³/mol. The molecule has 15 nitrogen and oxygen atoms in total. The van der Waals surface area contributed by atoms with Gasteiger partial charge in [0, 0.05) is 0 Å². The Morgan fingerprint density at radius 3 is 2.23 bits per heavy atom. The van der Waals surface area contributed by atoms with Gasteiger partial charge in [-0.3, -0.25) is 0 Å². The molecule has 326 valence electrons. The molecule has 7 N–H and O–H groups in total. The molecule has 6 fully saturated rings. The monoisotopic (exact) mass is 810 g/mol. The average molecular weight is 810 g/mol. The number of aromatic nitrogens is 3. The molecule has 3 heterocycles. The van der Waals surface area contributed by atoms with Crippen molar-refractivity contribution in [3.63, 3.8) is 0 Å². The highest BCUT2D eigenvalue weighted by Crippen LogP contribution is 2.68. The first-order valence-electron chi connectivity index (χ1n) is 22.0. The summed E-state index contributed by atoms with van der Waals surface area (Å²) in [6, 6.07) is 0. The van der Waals surface area contributed by atoms with Gasteiger partial charge in [-0.25, -0.2) is 0 Å². The highest BCUT2D eigenvalue weighted by molar-refractivity contribution is 5.10. The van der Waals surface area contributed by atoms with Gasteiger partial charge in [0.2, 0.25) is 0 Å². The summed E-state index contributed by atoms with van der Waals surface area (Å²) in [5.74, 6) is 5.67. The van der Waals surface area contributed by atoms with Crippen LogP contribution in [-0.2, 0) is 25.6 Å². The highest BCUT2D eigenvalue weighted by atomic mass is 16.8. The van der Waals surface area contributed by atoms with E-state index in [0.29, 0.717) is 22.4 Å². The second-order valence-corrected chi connectivity index (χ2v) is 19.6. The maximum atomic E-state index is 11.0. The van der Waals surface area contributed by atoms with Crippen molar-refractivity contribution in [2.75, 3.05) is 13.2 Å². The molecular formula is C42H71N3O12. The normalized spacial score (nSPS) is 46.6. The first-order valence-corrected chi connectivity index (χ1v) is 22.0. The molecule has 0 bridgehead atoms. The van der Waals surface area contributed by atoms with Crippen LogP contribution in [0.15, 0.2) is 6.20 Å². The number of aliphatic hydroxyl groups excluding tert-OH is 7. The number of rotatable bonds is 14. The van der Waals surface area contributed by atoms with Crippen molar-refractivity contribution in [2.24, 2.45) is 52.3 Å². The number of nitrogens with zero attached hydrogens (tertiary/aromatic N) is 3. The molecule has 0 amide bonds. The van der Waals surface area contributed by atoms with Crippen molar-refractivity contribution in [3.8, 4) is 0 Å². The summed E-state index contributed by atoms with van der Waals surface area (Å²) < 4.78 is 23.2. The summed E-state index contributed by atoms with van der Waals surface area (Å²) in [4.78, 5) is 6.70. The first-order chi connectivity index (χ1) is 27.2. The molecule has 1 aromatic rings. The second kappa shape index (κ2) is 17.8. The molecule has 6 aliphatic rings. The number of ether oxygens (including phenoxy) is 4. The Morgan fingerprint density at radius 1 is 0.789 bits per heavy atom. The van der Waals surface area contributed by atoms with Crippen molar-refractivity contribution in [1.29, 1.82) is 0 Å². The van der Waals surface area contributed by atoms with E-state index in [0.717, 1.165) is 53.2 Å². The lowest BCUT2D eigenvalue weighted by atomic mass is 9.44. The molecule has 57 heavy (non-hydrogen) atoms. The molecular weight excluding hydrogens is 738 g/mol. The Kier molecular flexibility index (Phi) is 13.6. The topological polar surface area (TPSA) is 218 Å². The van der Waals surface area contributed by atoms with Gasteiger partial charge < -0.3 is 59.5 Å². The summed E-state index contributed by atoms with van der Waals surface area (Å²) in [5.41, 5.74) is 1.39. The molecule has 0 radical (unpaired) electrons. The standard InChI is InChI=1S/C42H71N3O12/c1-22(2)7-6-8-23(3)28-11-12-29-27-10-9-24-17-26(13-15-41(24,4)30(27)14-16-42(28,29)5)53-21-25-18-45(44-43-25)57-40-37(52)35(50)38(32(20-47)55-40)56-39-36(51)34(49)33(48)31(19-46)54-39/h18,22-24,26-40,46-52H,6-17,19-21H2,1-5H3/t23-,24?,26+,27+,28-,29+,30+,31-,32-,33-,34+,35-,36-,37-,38-,39-,40+,41+,42-/m1/s1. The van der Waals surface area contributed by atoms with Gasteiger partial charge >= 0.3 is 0 Å². The Balaban J connectivity index is 0.892. The van der Waals surface area contributed by atoms with E-state index in [4.69, 9.17) is 23.8 Å². The summed E-state index contributed by atoms with van der Waals surface area (Å²) >= 11 is 0. The maximum absolute atomic E-state index is 11.0. The van der Waals surface area contributed by atoms with E-state index in [1.807, 2.05) is 0 Å². The van der Waals surface area contributed by atoms with Gasteiger partial charge in [-0.2, -0.15) is 0 Å². The van der Waals surface area contributed by atoms with E-state index in [-0.39, 0.29) is 12.7 Å². The summed E-state index contributed by atoms with van der Waals surface area (Å²) in [5, 5.41) is 80.2. The van der Waals surface area contributed by atoms with E-state index in [9.17, 15) is 35.7 Å². The Morgan fingerprint density at radius 2 is 1.49 bits per heavy atom. The smallest absolute Gasteiger partial charge is 0.256 e. The minimum absolute atomic E-state index is 0.131. The van der Waals surface area contributed by atoms with Crippen LogP contribution in [-0.4, -0.2) is 132 Å². The number of aliphatic hydroxyl groups is 7. The average Bonchev–Trinajstić information content (AvgIpc) is 3.80. The molecule has 1 unspecified atom stereocenters. The van der Waals surface area contributed by atoms with Crippen LogP contribution in [0.5, 0.6) is 0 Å². The summed E-state index contributed by atoms with van der Waals surface area (Å²) in [6.07, 6.45) is 1.69. The van der Waals surface area contributed by atoms with Crippen LogP contribution < -0.4 is 4.84 Å². The van der Waals surface area contributed by atoms with Crippen LogP contribution in [0.25, 0.3) is 0 Å². The van der Waals surface area contributed by atoms with Gasteiger partial charge in [-0.05, 0) is 115 Å². The van der Waals surface area contributed by atoms with Gasteiger partial charge in [-0.1, -0.05) is 58.7 Å². The minimum Gasteiger partial charge on any atom is -0.394 e. The van der Waals surface area contributed by atoms with Crippen LogP contribution in [0.1, 0.15) is 117 Å². The predicted octanol–water partition coefficient (Wildman–Crippen LogP) is 2.34. The summed E-state index contributed by atoms with van der Waals surface area (Å²) in [6.45, 7) is 11.4. The first kappa shape index (κ1) is 43.6. The molecule has 15 heteroatoms. The molecule has 4 saturated carbocycles. The molecule has 2 aliphatic heterocycles. The number of hydrogen-bond donors (Lipinski definition) is 7. The zero-order chi connectivity index (χ0) is 40.8. The van der Waals surface area contributed by atoms with Crippen molar-refractivity contribution in [3.05, 3.63) is 11.9 Å². The lowest BCUT2D eigenvalue weighted by Gasteiger charge is -2.61. The zero-order valence-corrected chi connectivity index (χ0v) is 34.6. The van der Waals surface area contributed by atoms with E-state index < -0.39 is 74.6 Å². The maximum Gasteiger partial charge on any atom is 0.256 e. The lowest BCUT2D eigenvalue weighted by molar-refractivity contribution is -0.360. The third-order valence-electron chi connectivity index (χ3n) is 16.0. The SMILES string of the molecule is CC(C)CCC[C@@H](C)[C@H]1CC[C@H]2[C@@H]3CCC4C[C@@H](OCc5cn(O[C@@H]6O[C@H](CO)[C@@H](O[C@H]7O[C@H](CO)[C@@H](O)[C@H](O)[C@H]7O)[C@H](O)[C@H]6O)nn5)CC[C@]4(C)[C@H]3CC[C@]12C. The fraction of sp³-hybridized carbons (Fsp3) is 0.952. The number of fused-ring (bicyclic) bond motifs is 5. The zero-order valence-electron chi connectivity index (χ0n) is 34.6. The van der Waals surface area contributed by atoms with Gasteiger partial charge in [0.15, 0.2) is 6.29 Å². The van der Waals surface area contributed by atoms with Gasteiger partial charge in [0.25, 0.3) is 6.29 Å². The highest BCUT2D eigenvalue weighted by Gasteiger charge is 2.61. The minimum atomic E-state index is -1.75. The summed E-state index contributed by atoms with van der Waals surface area (Å²) in [7, 11) is 0. The van der Waals surface area contributed by atoms with E-state index in [2.05, 4.69) is 44.9 Å². The lowest BCUT2D eigenvalue weighted by Crippen LogP contribution is -2.65. The Bertz CT molecular complexity index is 1450. The fourth-order valence-corrected chi connectivity index (χ4v) is 12.7. The van der Waals surface area contributed by atoms with E-state index >= 15 is 0 Å². The van der Waals surface area contributed by atoms with Crippen LogP contribution >= 0.6 is 0 Å². The van der Waals surface area contributed by atoms with Crippen molar-refractivity contribution < 1.29 is 59.5 Å². The van der Waals surface area contributed by atoms with Crippen LogP contribution in [0, 0.1) is 52.3 Å². The van der Waals surface area contributed by atoms with Crippen molar-refractivity contribution in [1.82, 2.24) is 15.2 Å². The molecule has 0 aromatic carbocycles. The third-order valence-corrected chi connectivity index (χ3v) is 16.0. The number of hydrogen-bond acceptors (Lipinski definition) is 14. The van der Waals surface area contributed by atoms with Gasteiger partial charge in [0.05, 0.1) is 32.1 Å². The second-order valence-electron chi connectivity index (χ2n) is 19.6.